The fourth-order valence-electron chi connectivity index (χ4n) is 0.992. The van der Waals surface area contributed by atoms with Crippen LogP contribution in [0.4, 0.5) is 17.6 Å². The summed E-state index contributed by atoms with van der Waals surface area (Å²) in [6.07, 6.45) is 1.89. The molecule has 0 saturated carbocycles. The molecule has 0 saturated heterocycles. The van der Waals surface area contributed by atoms with Gasteiger partial charge in [0.25, 0.3) is 0 Å². The maximum atomic E-state index is 13.0. The molecule has 0 unspecified atom stereocenters. The summed E-state index contributed by atoms with van der Waals surface area (Å²) in [5, 5.41) is 3.05. The lowest BCUT2D eigenvalue weighted by molar-refractivity contribution is 0.451. The van der Waals surface area contributed by atoms with Crippen molar-refractivity contribution in [2.75, 3.05) is 6.54 Å². The second-order valence-electron chi connectivity index (χ2n) is 2.70. The van der Waals surface area contributed by atoms with Crippen molar-refractivity contribution in [3.63, 3.8) is 0 Å². The highest BCUT2D eigenvalue weighted by Crippen LogP contribution is 2.20. The molecular weight excluding hydrogens is 226 g/mol. The Bertz CT molecular complexity index is 452. The predicted molar refractivity (Wildman–Crippen MR) is 49.3 cm³/mol. The smallest absolute Gasteiger partial charge is 0.169 e. The molecule has 7 heteroatoms. The van der Waals surface area contributed by atoms with Crippen LogP contribution in [-0.4, -0.2) is 6.54 Å². The summed E-state index contributed by atoms with van der Waals surface area (Å²) in [4.78, 5) is 2.38. The average Bonchev–Trinajstić information content (AvgIpc) is 2.25. The van der Waals surface area contributed by atoms with Gasteiger partial charge in [0.05, 0.1) is 5.56 Å². The van der Waals surface area contributed by atoms with Crippen LogP contribution in [0.25, 0.3) is 16.5 Å². The Kier molecular flexibility index (Phi) is 3.90. The van der Waals surface area contributed by atoms with E-state index < -0.39 is 28.8 Å². The minimum absolute atomic E-state index is 0.120. The van der Waals surface area contributed by atoms with Crippen molar-refractivity contribution in [2.24, 2.45) is 5.11 Å². The summed E-state index contributed by atoms with van der Waals surface area (Å²) in [6, 6.07) is 0.120. The van der Waals surface area contributed by atoms with Gasteiger partial charge in [-0.15, -0.1) is 0 Å². The molecule has 0 heterocycles. The SMILES string of the molecule is [N-]=[N+]=NCC=Cc1c(F)c(F)cc(F)c1F. The van der Waals surface area contributed by atoms with Gasteiger partial charge >= 0.3 is 0 Å². The first-order valence-electron chi connectivity index (χ1n) is 4.08. The van der Waals surface area contributed by atoms with Crippen LogP contribution in [-0.2, 0) is 0 Å². The van der Waals surface area contributed by atoms with Crippen LogP contribution in [0.2, 0.25) is 0 Å². The lowest BCUT2D eigenvalue weighted by Crippen LogP contribution is -1.98. The van der Waals surface area contributed by atoms with E-state index in [1.54, 1.807) is 0 Å². The van der Waals surface area contributed by atoms with Gasteiger partial charge in [0.2, 0.25) is 0 Å². The quantitative estimate of drug-likeness (QED) is 0.251. The van der Waals surface area contributed by atoms with Crippen LogP contribution < -0.4 is 0 Å². The summed E-state index contributed by atoms with van der Waals surface area (Å²) in [6.45, 7) is -0.173. The van der Waals surface area contributed by atoms with Gasteiger partial charge in [0.15, 0.2) is 23.3 Å². The van der Waals surface area contributed by atoms with Crippen molar-refractivity contribution in [1.29, 1.82) is 0 Å². The lowest BCUT2D eigenvalue weighted by atomic mass is 10.1. The Morgan fingerprint density at radius 2 is 1.75 bits per heavy atom. The summed E-state index contributed by atoms with van der Waals surface area (Å²) >= 11 is 0. The monoisotopic (exact) mass is 231 g/mol. The highest BCUT2D eigenvalue weighted by molar-refractivity contribution is 5.51. The maximum Gasteiger partial charge on any atom is 0.169 e. The Labute approximate surface area is 87.6 Å². The number of halogens is 4. The van der Waals surface area contributed by atoms with Gasteiger partial charge < -0.3 is 0 Å². The molecule has 1 aromatic rings. The Hall–Kier alpha value is -2.01. The molecule has 0 aromatic heterocycles. The summed E-state index contributed by atoms with van der Waals surface area (Å²) in [7, 11) is 0. The zero-order valence-electron chi connectivity index (χ0n) is 7.79. The fraction of sp³-hybridized carbons (Fsp3) is 0.111. The first-order chi connectivity index (χ1) is 7.57. The molecule has 1 aromatic carbocycles. The normalized spacial score (nSPS) is 10.5. The first-order valence-corrected chi connectivity index (χ1v) is 4.08. The van der Waals surface area contributed by atoms with Crippen LogP contribution in [0.3, 0.4) is 0 Å². The number of benzene rings is 1. The summed E-state index contributed by atoms with van der Waals surface area (Å²) < 4.78 is 51.4. The topological polar surface area (TPSA) is 48.8 Å². The first kappa shape index (κ1) is 12.1. The van der Waals surface area contributed by atoms with Crippen LogP contribution >= 0.6 is 0 Å². The third-order valence-corrected chi connectivity index (χ3v) is 1.68. The predicted octanol–water partition coefficient (Wildman–Crippen LogP) is 3.57. The van der Waals surface area contributed by atoms with Gasteiger partial charge in [-0.25, -0.2) is 17.6 Å². The van der Waals surface area contributed by atoms with Crippen molar-refractivity contribution >= 4 is 6.08 Å². The van der Waals surface area contributed by atoms with Crippen molar-refractivity contribution in [3.8, 4) is 0 Å². The van der Waals surface area contributed by atoms with Gasteiger partial charge in [-0.1, -0.05) is 17.3 Å². The van der Waals surface area contributed by atoms with Gasteiger partial charge in [-0.2, -0.15) is 0 Å². The molecule has 0 aliphatic heterocycles. The van der Waals surface area contributed by atoms with E-state index in [1.165, 1.54) is 0 Å². The lowest BCUT2D eigenvalue weighted by Gasteiger charge is -2.01. The summed E-state index contributed by atoms with van der Waals surface area (Å²) in [5.74, 6) is -5.95. The molecule has 1 rings (SSSR count). The highest BCUT2D eigenvalue weighted by Gasteiger charge is 2.16. The molecule has 84 valence electrons. The van der Waals surface area contributed by atoms with E-state index in [0.717, 1.165) is 12.2 Å². The van der Waals surface area contributed by atoms with E-state index in [4.69, 9.17) is 5.53 Å². The van der Waals surface area contributed by atoms with E-state index in [1.807, 2.05) is 0 Å². The Balaban J connectivity index is 3.12. The van der Waals surface area contributed by atoms with E-state index in [9.17, 15) is 17.6 Å². The molecule has 0 fully saturated rings. The molecule has 0 aliphatic carbocycles. The van der Waals surface area contributed by atoms with Crippen molar-refractivity contribution in [3.05, 3.63) is 51.4 Å². The number of rotatable bonds is 3. The van der Waals surface area contributed by atoms with Gasteiger partial charge in [-0.3, -0.25) is 0 Å². The molecule has 16 heavy (non-hydrogen) atoms. The van der Waals surface area contributed by atoms with Crippen LogP contribution in [0.1, 0.15) is 5.56 Å². The van der Waals surface area contributed by atoms with E-state index in [2.05, 4.69) is 10.0 Å². The molecule has 3 nitrogen and oxygen atoms in total. The zero-order chi connectivity index (χ0) is 12.1. The number of hydrogen-bond acceptors (Lipinski definition) is 1. The molecule has 0 amide bonds. The number of azide groups is 1. The van der Waals surface area contributed by atoms with Crippen molar-refractivity contribution < 1.29 is 17.6 Å². The van der Waals surface area contributed by atoms with E-state index >= 15 is 0 Å². The maximum absolute atomic E-state index is 13.0. The summed E-state index contributed by atoms with van der Waals surface area (Å²) in [5.41, 5.74) is 7.08. The molecule has 0 radical (unpaired) electrons. The fourth-order valence-corrected chi connectivity index (χ4v) is 0.992. The molecule has 0 bridgehead atoms. The molecule has 0 N–H and O–H groups in total. The van der Waals surface area contributed by atoms with Crippen molar-refractivity contribution in [2.45, 2.75) is 0 Å². The third kappa shape index (κ3) is 2.52. The van der Waals surface area contributed by atoms with Crippen LogP contribution in [0.15, 0.2) is 17.3 Å². The minimum atomic E-state index is -1.49. The largest absolute Gasteiger partial charge is 0.204 e. The van der Waals surface area contributed by atoms with Gasteiger partial charge in [-0.05, 0) is 5.53 Å². The molecule has 0 atom stereocenters. The molecular formula is C9H5F4N3. The second-order valence-corrected chi connectivity index (χ2v) is 2.70. The Morgan fingerprint density at radius 3 is 2.25 bits per heavy atom. The second kappa shape index (κ2) is 5.18. The minimum Gasteiger partial charge on any atom is -0.204 e. The van der Waals surface area contributed by atoms with Crippen LogP contribution in [0, 0.1) is 23.3 Å². The zero-order valence-corrected chi connectivity index (χ0v) is 7.79. The van der Waals surface area contributed by atoms with Crippen molar-refractivity contribution in [1.82, 2.24) is 0 Å². The standard InChI is InChI=1S/C9H5F4N3/c10-6-4-7(11)9(13)5(8(6)12)2-1-3-15-16-14/h1-2,4H,3H2. The average molecular weight is 231 g/mol. The van der Waals surface area contributed by atoms with Gasteiger partial charge in [0, 0.05) is 17.5 Å². The van der Waals surface area contributed by atoms with Gasteiger partial charge in [0.1, 0.15) is 0 Å². The Morgan fingerprint density at radius 1 is 1.19 bits per heavy atom. The number of nitrogens with zero attached hydrogens (tertiary/aromatic N) is 3. The number of hydrogen-bond donors (Lipinski definition) is 0. The van der Waals surface area contributed by atoms with E-state index in [-0.39, 0.29) is 12.6 Å². The van der Waals surface area contributed by atoms with E-state index in [0.29, 0.717) is 0 Å². The highest BCUT2D eigenvalue weighted by atomic mass is 19.2. The molecule has 0 aliphatic rings. The van der Waals surface area contributed by atoms with Crippen LogP contribution in [0.5, 0.6) is 0 Å². The third-order valence-electron chi connectivity index (χ3n) is 1.68. The molecule has 0 spiro atoms.